The third-order valence-corrected chi connectivity index (χ3v) is 8.02. The molecular formula is C14H30O2Si. The number of hydrogen-bond donors (Lipinski definition) is 1. The van der Waals surface area contributed by atoms with Crippen molar-refractivity contribution in [1.29, 1.82) is 0 Å². The molecule has 102 valence electrons. The Bertz CT molecular complexity index is 249. The van der Waals surface area contributed by atoms with Crippen molar-refractivity contribution in [3.8, 4) is 0 Å². The lowest BCUT2D eigenvalue weighted by Crippen LogP contribution is -2.41. The third kappa shape index (κ3) is 7.01. The fraction of sp³-hybridized carbons (Fsp3) is 0.857. The van der Waals surface area contributed by atoms with Crippen molar-refractivity contribution in [2.24, 2.45) is 0 Å². The zero-order valence-electron chi connectivity index (χ0n) is 12.6. The second-order valence-corrected chi connectivity index (χ2v) is 11.3. The lowest BCUT2D eigenvalue weighted by molar-refractivity contribution is 0.185. The summed E-state index contributed by atoms with van der Waals surface area (Å²) in [6.45, 7) is 16.0. The van der Waals surface area contributed by atoms with Crippen LogP contribution in [0.15, 0.2) is 11.6 Å². The van der Waals surface area contributed by atoms with E-state index in [1.807, 2.05) is 6.92 Å². The Morgan fingerprint density at radius 3 is 2.29 bits per heavy atom. The van der Waals surface area contributed by atoms with Crippen molar-refractivity contribution in [2.75, 3.05) is 6.61 Å². The van der Waals surface area contributed by atoms with Gasteiger partial charge in [0.05, 0.1) is 12.7 Å². The molecule has 0 unspecified atom stereocenters. The topological polar surface area (TPSA) is 29.5 Å². The van der Waals surface area contributed by atoms with Crippen LogP contribution in [-0.2, 0) is 4.43 Å². The van der Waals surface area contributed by atoms with E-state index >= 15 is 0 Å². The van der Waals surface area contributed by atoms with Gasteiger partial charge in [-0.1, -0.05) is 32.4 Å². The molecule has 0 radical (unpaired) electrons. The Balaban J connectivity index is 4.11. The van der Waals surface area contributed by atoms with Crippen molar-refractivity contribution in [3.63, 3.8) is 0 Å². The predicted molar refractivity (Wildman–Crippen MR) is 77.8 cm³/mol. The Hall–Kier alpha value is -0.123. The van der Waals surface area contributed by atoms with Gasteiger partial charge in [0.1, 0.15) is 0 Å². The lowest BCUT2D eigenvalue weighted by Gasteiger charge is -2.36. The van der Waals surface area contributed by atoms with E-state index < -0.39 is 8.32 Å². The Kier molecular flexibility index (Phi) is 6.67. The van der Waals surface area contributed by atoms with Crippen LogP contribution in [0, 0.1) is 0 Å². The van der Waals surface area contributed by atoms with Gasteiger partial charge in [-0.05, 0) is 44.8 Å². The fourth-order valence-corrected chi connectivity index (χ4v) is 2.16. The van der Waals surface area contributed by atoms with Gasteiger partial charge in [0, 0.05) is 0 Å². The monoisotopic (exact) mass is 258 g/mol. The summed E-state index contributed by atoms with van der Waals surface area (Å²) in [4.78, 5) is 0. The summed E-state index contributed by atoms with van der Waals surface area (Å²) in [5.74, 6) is 0. The number of hydrogen-bond acceptors (Lipinski definition) is 2. The van der Waals surface area contributed by atoms with Crippen LogP contribution < -0.4 is 0 Å². The molecule has 1 atom stereocenters. The van der Waals surface area contributed by atoms with Crippen molar-refractivity contribution in [3.05, 3.63) is 11.6 Å². The Labute approximate surface area is 108 Å². The lowest BCUT2D eigenvalue weighted by atomic mass is 10.2. The fourth-order valence-electron chi connectivity index (χ4n) is 1.14. The highest BCUT2D eigenvalue weighted by Gasteiger charge is 2.36. The number of aliphatic hydroxyl groups is 1. The molecule has 0 fully saturated rings. The second-order valence-electron chi connectivity index (χ2n) is 6.53. The van der Waals surface area contributed by atoms with Crippen LogP contribution in [0.2, 0.25) is 18.1 Å². The van der Waals surface area contributed by atoms with Crippen molar-refractivity contribution >= 4 is 8.32 Å². The van der Waals surface area contributed by atoms with Gasteiger partial charge in [0.25, 0.3) is 0 Å². The maximum atomic E-state index is 9.18. The molecular weight excluding hydrogens is 228 g/mol. The van der Waals surface area contributed by atoms with E-state index in [4.69, 9.17) is 4.43 Å². The largest absolute Gasteiger partial charge is 0.413 e. The first-order chi connectivity index (χ1) is 7.56. The first-order valence-corrected chi connectivity index (χ1v) is 9.45. The number of allylic oxidation sites excluding steroid dienone is 1. The van der Waals surface area contributed by atoms with Crippen molar-refractivity contribution in [2.45, 2.75) is 71.7 Å². The van der Waals surface area contributed by atoms with Gasteiger partial charge in [-0.3, -0.25) is 0 Å². The average molecular weight is 258 g/mol. The maximum absolute atomic E-state index is 9.18. The molecule has 0 amide bonds. The van der Waals surface area contributed by atoms with E-state index in [9.17, 15) is 5.11 Å². The molecule has 0 aromatic carbocycles. The Morgan fingerprint density at radius 1 is 1.35 bits per heavy atom. The van der Waals surface area contributed by atoms with E-state index in [1.165, 1.54) is 5.57 Å². The molecule has 0 saturated heterocycles. The Morgan fingerprint density at radius 2 is 1.88 bits per heavy atom. The molecule has 3 heteroatoms. The van der Waals surface area contributed by atoms with Gasteiger partial charge in [-0.25, -0.2) is 0 Å². The van der Waals surface area contributed by atoms with Crippen molar-refractivity contribution < 1.29 is 9.53 Å². The molecule has 0 bridgehead atoms. The molecule has 0 aliphatic carbocycles. The van der Waals surface area contributed by atoms with Crippen LogP contribution in [0.25, 0.3) is 0 Å². The quantitative estimate of drug-likeness (QED) is 0.574. The molecule has 17 heavy (non-hydrogen) atoms. The van der Waals surface area contributed by atoms with Gasteiger partial charge in [0.2, 0.25) is 0 Å². The molecule has 0 aromatic rings. The van der Waals surface area contributed by atoms with Gasteiger partial charge >= 0.3 is 0 Å². The van der Waals surface area contributed by atoms with Crippen LogP contribution in [0.4, 0.5) is 0 Å². The van der Waals surface area contributed by atoms with Crippen LogP contribution in [-0.4, -0.2) is 26.1 Å². The number of rotatable bonds is 6. The van der Waals surface area contributed by atoms with Crippen LogP contribution in [0.1, 0.15) is 47.5 Å². The highest BCUT2D eigenvalue weighted by atomic mass is 28.4. The standard InChI is InChI=1S/C14H30O2Si/c1-12(9-8-10-13(2)15)11-16-17(6,7)14(3,4)5/h9,13,15H,8,10-11H2,1-7H3/b12-9+/t13-/m1/s1. The maximum Gasteiger partial charge on any atom is 0.192 e. The zero-order chi connectivity index (χ0) is 13.7. The first kappa shape index (κ1) is 16.9. The van der Waals surface area contributed by atoms with E-state index in [-0.39, 0.29) is 11.1 Å². The molecule has 0 heterocycles. The summed E-state index contributed by atoms with van der Waals surface area (Å²) in [7, 11) is -1.62. The molecule has 0 aromatic heterocycles. The van der Waals surface area contributed by atoms with Gasteiger partial charge in [0.15, 0.2) is 8.32 Å². The summed E-state index contributed by atoms with van der Waals surface area (Å²) < 4.78 is 6.12. The van der Waals surface area contributed by atoms with Gasteiger partial charge in [-0.15, -0.1) is 0 Å². The third-order valence-electron chi connectivity index (χ3n) is 3.54. The predicted octanol–water partition coefficient (Wildman–Crippen LogP) is 4.12. The summed E-state index contributed by atoms with van der Waals surface area (Å²) in [6.07, 6.45) is 3.74. The second kappa shape index (κ2) is 6.71. The normalized spacial score (nSPS) is 16.1. The molecule has 1 N–H and O–H groups in total. The molecule has 0 aliphatic heterocycles. The van der Waals surface area contributed by atoms with E-state index in [0.29, 0.717) is 0 Å². The van der Waals surface area contributed by atoms with Crippen LogP contribution in [0.5, 0.6) is 0 Å². The molecule has 0 saturated carbocycles. The minimum atomic E-state index is -1.62. The van der Waals surface area contributed by atoms with Gasteiger partial charge in [-0.2, -0.15) is 0 Å². The van der Waals surface area contributed by atoms with Crippen LogP contribution in [0.3, 0.4) is 0 Å². The molecule has 0 aliphatic rings. The molecule has 0 spiro atoms. The SMILES string of the molecule is C/C(=C\CC[C@@H](C)O)CO[Si](C)(C)C(C)(C)C. The smallest absolute Gasteiger partial charge is 0.192 e. The summed E-state index contributed by atoms with van der Waals surface area (Å²) in [5, 5.41) is 9.45. The van der Waals surface area contributed by atoms with E-state index in [1.54, 1.807) is 0 Å². The molecule has 2 nitrogen and oxygen atoms in total. The van der Waals surface area contributed by atoms with Crippen LogP contribution >= 0.6 is 0 Å². The highest BCUT2D eigenvalue weighted by Crippen LogP contribution is 2.36. The zero-order valence-corrected chi connectivity index (χ0v) is 13.6. The summed E-state index contributed by atoms with van der Waals surface area (Å²) in [5.41, 5.74) is 1.27. The molecule has 0 rings (SSSR count). The first-order valence-electron chi connectivity index (χ1n) is 6.54. The number of aliphatic hydroxyl groups excluding tert-OH is 1. The van der Waals surface area contributed by atoms with Crippen molar-refractivity contribution in [1.82, 2.24) is 0 Å². The van der Waals surface area contributed by atoms with Gasteiger partial charge < -0.3 is 9.53 Å². The van der Waals surface area contributed by atoms with E-state index in [0.717, 1.165) is 19.4 Å². The van der Waals surface area contributed by atoms with E-state index in [2.05, 4.69) is 46.9 Å². The summed E-state index contributed by atoms with van der Waals surface area (Å²) in [6, 6.07) is 0. The minimum Gasteiger partial charge on any atom is -0.413 e. The highest BCUT2D eigenvalue weighted by molar-refractivity contribution is 6.74. The minimum absolute atomic E-state index is 0.208. The average Bonchev–Trinajstić information content (AvgIpc) is 2.12. The summed E-state index contributed by atoms with van der Waals surface area (Å²) >= 11 is 0.